The number of carbonyl (C=O) groups excluding carboxylic acids is 1. The number of unbranched alkanes of at least 4 members (excludes halogenated alkanes) is 6. The van der Waals surface area contributed by atoms with Crippen LogP contribution in [0.5, 0.6) is 0 Å². The molecule has 3 heteroatoms. The second-order valence-electron chi connectivity index (χ2n) is 5.80. The first-order valence-electron chi connectivity index (χ1n) is 8.78. The number of nitrogens with zero attached hydrogens (tertiary/aromatic N) is 1. The van der Waals surface area contributed by atoms with E-state index in [1.807, 2.05) is 17.0 Å². The molecule has 0 radical (unpaired) electrons. The molecule has 22 heavy (non-hydrogen) atoms. The number of rotatable bonds is 12. The lowest BCUT2D eigenvalue weighted by Gasteiger charge is -2.21. The van der Waals surface area contributed by atoms with Crippen molar-refractivity contribution in [2.75, 3.05) is 13.1 Å². The van der Waals surface area contributed by atoms with E-state index in [1.165, 1.54) is 38.5 Å². The fraction of sp³-hybridized carbons (Fsp3) is 0.632. The zero-order valence-electron chi connectivity index (χ0n) is 14.2. The van der Waals surface area contributed by atoms with E-state index in [2.05, 4.69) is 13.8 Å². The summed E-state index contributed by atoms with van der Waals surface area (Å²) < 4.78 is 5.23. The molecule has 0 spiro atoms. The van der Waals surface area contributed by atoms with Gasteiger partial charge in [0.2, 0.25) is 5.91 Å². The van der Waals surface area contributed by atoms with Crippen molar-refractivity contribution in [3.05, 3.63) is 30.2 Å². The number of hydrogen-bond acceptors (Lipinski definition) is 2. The molecule has 0 aliphatic carbocycles. The van der Waals surface area contributed by atoms with Crippen molar-refractivity contribution in [3.63, 3.8) is 0 Å². The third kappa shape index (κ3) is 8.06. The quantitative estimate of drug-likeness (QED) is 0.389. The normalized spacial score (nSPS) is 11.2. The van der Waals surface area contributed by atoms with Crippen LogP contribution in [0.4, 0.5) is 0 Å². The smallest absolute Gasteiger partial charge is 0.246 e. The van der Waals surface area contributed by atoms with Gasteiger partial charge in [0.15, 0.2) is 0 Å². The van der Waals surface area contributed by atoms with Crippen LogP contribution < -0.4 is 0 Å². The highest BCUT2D eigenvalue weighted by Crippen LogP contribution is 2.08. The van der Waals surface area contributed by atoms with Crippen molar-refractivity contribution in [2.45, 2.75) is 65.2 Å². The topological polar surface area (TPSA) is 33.5 Å². The van der Waals surface area contributed by atoms with Crippen LogP contribution in [-0.2, 0) is 4.79 Å². The van der Waals surface area contributed by atoms with Gasteiger partial charge < -0.3 is 9.32 Å². The summed E-state index contributed by atoms with van der Waals surface area (Å²) in [4.78, 5) is 14.4. The molecule has 0 fully saturated rings. The molecule has 0 aliphatic rings. The van der Waals surface area contributed by atoms with E-state index >= 15 is 0 Å². The summed E-state index contributed by atoms with van der Waals surface area (Å²) >= 11 is 0. The van der Waals surface area contributed by atoms with Crippen LogP contribution in [0, 0.1) is 0 Å². The number of amides is 1. The summed E-state index contributed by atoms with van der Waals surface area (Å²) in [5, 5.41) is 0. The summed E-state index contributed by atoms with van der Waals surface area (Å²) in [6.07, 6.45) is 14.6. The second-order valence-corrected chi connectivity index (χ2v) is 5.80. The fourth-order valence-electron chi connectivity index (χ4n) is 2.44. The van der Waals surface area contributed by atoms with E-state index in [4.69, 9.17) is 4.42 Å². The zero-order valence-corrected chi connectivity index (χ0v) is 14.2. The summed E-state index contributed by atoms with van der Waals surface area (Å²) in [6, 6.07) is 3.69. The minimum atomic E-state index is 0.101. The molecule has 1 amide bonds. The Labute approximate surface area is 135 Å². The van der Waals surface area contributed by atoms with E-state index in [9.17, 15) is 4.79 Å². The minimum absolute atomic E-state index is 0.101. The molecule has 0 aromatic carbocycles. The molecule has 0 bridgehead atoms. The monoisotopic (exact) mass is 305 g/mol. The molecule has 0 unspecified atom stereocenters. The third-order valence-electron chi connectivity index (χ3n) is 3.81. The molecule has 3 nitrogen and oxygen atoms in total. The van der Waals surface area contributed by atoms with Crippen molar-refractivity contribution in [2.24, 2.45) is 0 Å². The number of carbonyl (C=O) groups is 1. The predicted molar refractivity (Wildman–Crippen MR) is 92.6 cm³/mol. The summed E-state index contributed by atoms with van der Waals surface area (Å²) in [5.74, 6) is 0.828. The van der Waals surface area contributed by atoms with Crippen LogP contribution in [0.2, 0.25) is 0 Å². The molecule has 1 rings (SSSR count). The largest absolute Gasteiger partial charge is 0.465 e. The van der Waals surface area contributed by atoms with Gasteiger partial charge in [-0.3, -0.25) is 4.79 Å². The molecule has 1 heterocycles. The molecule has 124 valence electrons. The minimum Gasteiger partial charge on any atom is -0.465 e. The Morgan fingerprint density at radius 2 is 1.68 bits per heavy atom. The Morgan fingerprint density at radius 1 is 1.05 bits per heavy atom. The molecule has 0 aliphatic heterocycles. The average molecular weight is 305 g/mol. The van der Waals surface area contributed by atoms with Gasteiger partial charge in [0.05, 0.1) is 6.26 Å². The van der Waals surface area contributed by atoms with Crippen molar-refractivity contribution in [3.8, 4) is 0 Å². The van der Waals surface area contributed by atoms with Gasteiger partial charge in [-0.1, -0.05) is 52.4 Å². The maximum atomic E-state index is 12.4. The van der Waals surface area contributed by atoms with E-state index in [0.717, 1.165) is 31.7 Å². The Morgan fingerprint density at radius 3 is 2.18 bits per heavy atom. The number of furan rings is 1. The standard InChI is InChI=1S/C19H31NO2/c1-3-5-7-9-15-20(16-10-8-6-4-2)19(21)14-13-18-12-11-17-22-18/h11-14,17H,3-10,15-16H2,1-2H3. The Hall–Kier alpha value is -1.51. The van der Waals surface area contributed by atoms with Crippen LogP contribution in [0.1, 0.15) is 71.0 Å². The highest BCUT2D eigenvalue weighted by atomic mass is 16.3. The Balaban J connectivity index is 2.44. The Kier molecular flexibility index (Phi) is 10.2. The highest BCUT2D eigenvalue weighted by Gasteiger charge is 2.10. The molecule has 0 saturated heterocycles. The molecule has 0 atom stereocenters. The molecule has 1 aromatic rings. The lowest BCUT2D eigenvalue weighted by atomic mass is 10.1. The first-order chi connectivity index (χ1) is 10.8. The van der Waals surface area contributed by atoms with Gasteiger partial charge in [-0.2, -0.15) is 0 Å². The average Bonchev–Trinajstić information content (AvgIpc) is 3.04. The van der Waals surface area contributed by atoms with Crippen LogP contribution in [0.25, 0.3) is 6.08 Å². The first-order valence-corrected chi connectivity index (χ1v) is 8.78. The van der Waals surface area contributed by atoms with E-state index in [-0.39, 0.29) is 5.91 Å². The van der Waals surface area contributed by atoms with E-state index < -0.39 is 0 Å². The first kappa shape index (κ1) is 18.5. The van der Waals surface area contributed by atoms with Crippen LogP contribution in [0.3, 0.4) is 0 Å². The molecular weight excluding hydrogens is 274 g/mol. The van der Waals surface area contributed by atoms with Gasteiger partial charge in [0.25, 0.3) is 0 Å². The van der Waals surface area contributed by atoms with Crippen molar-refractivity contribution in [1.29, 1.82) is 0 Å². The van der Waals surface area contributed by atoms with Crippen molar-refractivity contribution >= 4 is 12.0 Å². The SMILES string of the molecule is CCCCCCN(CCCCCC)C(=O)C=Cc1ccco1. The van der Waals surface area contributed by atoms with Gasteiger partial charge in [-0.05, 0) is 31.1 Å². The van der Waals surface area contributed by atoms with Gasteiger partial charge in [0.1, 0.15) is 5.76 Å². The van der Waals surface area contributed by atoms with Crippen molar-refractivity contribution in [1.82, 2.24) is 4.90 Å². The third-order valence-corrected chi connectivity index (χ3v) is 3.81. The van der Waals surface area contributed by atoms with Crippen molar-refractivity contribution < 1.29 is 9.21 Å². The summed E-state index contributed by atoms with van der Waals surface area (Å²) in [6.45, 7) is 6.15. The van der Waals surface area contributed by atoms with Gasteiger partial charge >= 0.3 is 0 Å². The molecule has 0 saturated carbocycles. The van der Waals surface area contributed by atoms with Gasteiger partial charge in [-0.25, -0.2) is 0 Å². The van der Waals surface area contributed by atoms with Crippen LogP contribution >= 0.6 is 0 Å². The maximum absolute atomic E-state index is 12.4. The van der Waals surface area contributed by atoms with Gasteiger partial charge in [0, 0.05) is 19.2 Å². The molecular formula is C19H31NO2. The number of hydrogen-bond donors (Lipinski definition) is 0. The summed E-state index contributed by atoms with van der Waals surface area (Å²) in [5.41, 5.74) is 0. The maximum Gasteiger partial charge on any atom is 0.246 e. The second kappa shape index (κ2) is 12.1. The summed E-state index contributed by atoms with van der Waals surface area (Å²) in [7, 11) is 0. The Bertz CT molecular complexity index is 397. The predicted octanol–water partition coefficient (Wildman–Crippen LogP) is 5.28. The van der Waals surface area contributed by atoms with E-state index in [1.54, 1.807) is 18.4 Å². The molecule has 1 aromatic heterocycles. The lowest BCUT2D eigenvalue weighted by Crippen LogP contribution is -2.31. The highest BCUT2D eigenvalue weighted by molar-refractivity contribution is 5.91. The zero-order chi connectivity index (χ0) is 16.0. The lowest BCUT2D eigenvalue weighted by molar-refractivity contribution is -0.126. The van der Waals surface area contributed by atoms with Gasteiger partial charge in [-0.15, -0.1) is 0 Å². The van der Waals surface area contributed by atoms with Crippen LogP contribution in [-0.4, -0.2) is 23.9 Å². The molecule has 0 N–H and O–H groups in total. The van der Waals surface area contributed by atoms with Crippen LogP contribution in [0.15, 0.2) is 28.9 Å². The fourth-order valence-corrected chi connectivity index (χ4v) is 2.44. The van der Waals surface area contributed by atoms with E-state index in [0.29, 0.717) is 0 Å².